The Morgan fingerprint density at radius 3 is 2.59 bits per heavy atom. The molecule has 2 N–H and O–H groups in total. The summed E-state index contributed by atoms with van der Waals surface area (Å²) in [6.07, 6.45) is 10.8. The first kappa shape index (κ1) is 28.3. The lowest BCUT2D eigenvalue weighted by Crippen LogP contribution is -2.08. The van der Waals surface area contributed by atoms with Gasteiger partial charge in [-0.1, -0.05) is 52.8 Å². The molecule has 1 unspecified atom stereocenters. The fraction of sp³-hybridized carbons (Fsp3) is 0.367. The number of aryl methyl sites for hydroxylation is 2. The second-order valence-corrected chi connectivity index (χ2v) is 10.9. The predicted octanol–water partition coefficient (Wildman–Crippen LogP) is 7.24. The summed E-state index contributed by atoms with van der Waals surface area (Å²) in [7, 11) is 1.21. The van der Waals surface area contributed by atoms with E-state index in [-0.39, 0.29) is 5.91 Å². The summed E-state index contributed by atoms with van der Waals surface area (Å²) < 4.78 is 6.08. The third kappa shape index (κ3) is 8.40. The molecule has 0 radical (unpaired) electrons. The average molecular weight is 519 g/mol. The predicted molar refractivity (Wildman–Crippen MR) is 157 cm³/mol. The fourth-order valence-electron chi connectivity index (χ4n) is 4.01. The highest BCUT2D eigenvalue weighted by Crippen LogP contribution is 2.36. The lowest BCUT2D eigenvalue weighted by atomic mass is 9.99. The topological polar surface area (TPSA) is 76.1 Å². The van der Waals surface area contributed by atoms with Gasteiger partial charge < -0.3 is 15.4 Å². The monoisotopic (exact) mass is 518 g/mol. The van der Waals surface area contributed by atoms with Crippen molar-refractivity contribution in [2.75, 3.05) is 23.0 Å². The molecule has 0 saturated carbocycles. The minimum absolute atomic E-state index is 0.267. The van der Waals surface area contributed by atoms with Crippen molar-refractivity contribution < 1.29 is 9.53 Å². The Morgan fingerprint density at radius 2 is 1.95 bits per heavy atom. The van der Waals surface area contributed by atoms with Crippen molar-refractivity contribution in [2.24, 2.45) is 0 Å². The molecule has 1 aliphatic heterocycles. The van der Waals surface area contributed by atoms with Gasteiger partial charge in [0.2, 0.25) is 5.91 Å². The van der Waals surface area contributed by atoms with E-state index in [2.05, 4.69) is 73.1 Å². The van der Waals surface area contributed by atoms with Crippen molar-refractivity contribution in [1.29, 1.82) is 0 Å². The van der Waals surface area contributed by atoms with Gasteiger partial charge in [-0.2, -0.15) is 0 Å². The van der Waals surface area contributed by atoms with E-state index in [9.17, 15) is 4.79 Å². The molecule has 4 rings (SSSR count). The van der Waals surface area contributed by atoms with E-state index in [1.54, 1.807) is 12.3 Å². The van der Waals surface area contributed by atoms with Gasteiger partial charge in [0, 0.05) is 18.0 Å². The van der Waals surface area contributed by atoms with Crippen LogP contribution in [0.1, 0.15) is 62.3 Å². The van der Waals surface area contributed by atoms with Crippen LogP contribution in [0.3, 0.4) is 0 Å². The number of anilines is 3. The van der Waals surface area contributed by atoms with Crippen LogP contribution in [-0.4, -0.2) is 28.2 Å². The fourth-order valence-corrected chi connectivity index (χ4v) is 4.71. The van der Waals surface area contributed by atoms with E-state index in [0.29, 0.717) is 18.3 Å². The molecule has 0 fully saturated rings. The molecule has 2 aromatic heterocycles. The van der Waals surface area contributed by atoms with Gasteiger partial charge in [-0.3, -0.25) is 4.79 Å². The van der Waals surface area contributed by atoms with Gasteiger partial charge in [0.1, 0.15) is 24.0 Å². The van der Waals surface area contributed by atoms with E-state index < -0.39 is 0 Å². The Bertz CT molecular complexity index is 1170. The molecule has 0 aliphatic carbocycles. The van der Waals surface area contributed by atoms with Crippen LogP contribution in [0.15, 0.2) is 61.4 Å². The number of aromatic nitrogens is 2. The first-order chi connectivity index (χ1) is 17.9. The number of hydrogen-bond donors (Lipinski definition) is 2. The van der Waals surface area contributed by atoms with Crippen molar-refractivity contribution in [3.05, 3.63) is 83.7 Å². The Balaban J connectivity index is 0.000000568. The zero-order valence-corrected chi connectivity index (χ0v) is 23.4. The lowest BCUT2D eigenvalue weighted by Gasteiger charge is -2.13. The molecule has 196 valence electrons. The number of carbonyl (C=O) groups excluding carboxylic acids is 1. The van der Waals surface area contributed by atoms with Crippen molar-refractivity contribution in [1.82, 2.24) is 9.97 Å². The molecule has 3 aromatic rings. The summed E-state index contributed by atoms with van der Waals surface area (Å²) in [5.41, 5.74) is 5.60. The maximum Gasteiger partial charge on any atom is 0.248 e. The molecule has 6 nitrogen and oxygen atoms in total. The van der Waals surface area contributed by atoms with E-state index in [1.165, 1.54) is 44.5 Å². The number of rotatable bonds is 9. The normalized spacial score (nSPS) is 11.9. The van der Waals surface area contributed by atoms with Crippen LogP contribution in [0.5, 0.6) is 5.75 Å². The van der Waals surface area contributed by atoms with E-state index in [0.717, 1.165) is 41.2 Å². The first-order valence-corrected chi connectivity index (χ1v) is 14.5. The molecule has 7 heteroatoms. The molecule has 0 saturated heterocycles. The van der Waals surface area contributed by atoms with Gasteiger partial charge in [-0.05, 0) is 78.1 Å². The van der Waals surface area contributed by atoms with Crippen molar-refractivity contribution in [2.45, 2.75) is 59.5 Å². The Labute approximate surface area is 223 Å². The highest BCUT2D eigenvalue weighted by atomic mass is 31.1. The second kappa shape index (κ2) is 14.5. The third-order valence-electron chi connectivity index (χ3n) is 6.02. The number of benzene rings is 1. The van der Waals surface area contributed by atoms with Crippen molar-refractivity contribution in [3.8, 4) is 5.75 Å². The summed E-state index contributed by atoms with van der Waals surface area (Å²) in [5.74, 6) is 2.36. The summed E-state index contributed by atoms with van der Waals surface area (Å²) in [4.78, 5) is 20.2. The van der Waals surface area contributed by atoms with Gasteiger partial charge >= 0.3 is 0 Å². The zero-order chi connectivity index (χ0) is 26.6. The quantitative estimate of drug-likeness (QED) is 0.177. The summed E-state index contributed by atoms with van der Waals surface area (Å²) >= 11 is 0. The number of nitrogens with one attached hydrogen (secondary N) is 2. The molecule has 1 atom stereocenters. The van der Waals surface area contributed by atoms with Crippen LogP contribution in [0.2, 0.25) is 0 Å². The Morgan fingerprint density at radius 1 is 1.16 bits per heavy atom. The largest absolute Gasteiger partial charge is 0.487 e. The number of amides is 1. The van der Waals surface area contributed by atoms with Gasteiger partial charge in [0.15, 0.2) is 0 Å². The molecule has 0 spiro atoms. The third-order valence-corrected chi connectivity index (χ3v) is 7.38. The molecule has 1 aliphatic rings. The summed E-state index contributed by atoms with van der Waals surface area (Å²) in [6.45, 7) is 12.8. The Kier molecular flexibility index (Phi) is 11.1. The second-order valence-electron chi connectivity index (χ2n) is 9.22. The van der Waals surface area contributed by atoms with Crippen LogP contribution in [0, 0.1) is 0 Å². The van der Waals surface area contributed by atoms with Gasteiger partial charge in [-0.25, -0.2) is 9.97 Å². The molecule has 0 bridgehead atoms. The summed E-state index contributed by atoms with van der Waals surface area (Å²) in [5, 5.41) is 6.13. The number of nitrogens with zero attached hydrogens (tertiary/aromatic N) is 2. The number of carbonyl (C=O) groups is 1. The molecule has 1 aromatic carbocycles. The highest BCUT2D eigenvalue weighted by Gasteiger charge is 2.19. The number of fused-ring (bicyclic) bond motifs is 2. The smallest absolute Gasteiger partial charge is 0.248 e. The van der Waals surface area contributed by atoms with Gasteiger partial charge in [0.05, 0.1) is 5.69 Å². The van der Waals surface area contributed by atoms with Crippen molar-refractivity contribution >= 4 is 31.8 Å². The van der Waals surface area contributed by atoms with Crippen LogP contribution in [-0.2, 0) is 24.2 Å². The standard InChI is InChI=1S/C25H26N4O2.C5H13P/c1-4-24(30)29-23-10-8-18(14-27-23)6-5-17-7-9-22-21(13-17)28-25-20(15-31-22)19(16(2)3)11-12-26-25;1-3-5-6-4-2/h4,7-14,16H,1,5-6,15H2,2-3H3,(H,26,28)(H,27,29,30);6H,3-5H2,1-2H3. The molecule has 1 amide bonds. The highest BCUT2D eigenvalue weighted by molar-refractivity contribution is 7.37. The summed E-state index contributed by atoms with van der Waals surface area (Å²) in [6, 6.07) is 12.1. The molecule has 3 heterocycles. The lowest BCUT2D eigenvalue weighted by molar-refractivity contribution is -0.111. The number of hydrogen-bond acceptors (Lipinski definition) is 5. The maximum absolute atomic E-state index is 11.4. The van der Waals surface area contributed by atoms with Crippen LogP contribution in [0.4, 0.5) is 17.3 Å². The molecule has 37 heavy (non-hydrogen) atoms. The Hall–Kier alpha value is -3.24. The SMILES string of the molecule is C=CC(=O)Nc1ccc(CCc2ccc3c(c2)Nc2nccc(C(C)C)c2CO3)cn1.CCCPCC. The maximum atomic E-state index is 11.4. The van der Waals surface area contributed by atoms with Crippen molar-refractivity contribution in [3.63, 3.8) is 0 Å². The van der Waals surface area contributed by atoms with E-state index in [1.807, 2.05) is 18.3 Å². The van der Waals surface area contributed by atoms with Gasteiger partial charge in [0.25, 0.3) is 0 Å². The van der Waals surface area contributed by atoms with Crippen LogP contribution in [0.25, 0.3) is 0 Å². The minimum atomic E-state index is -0.267. The molecular weight excluding hydrogens is 479 g/mol. The van der Waals surface area contributed by atoms with Crippen LogP contribution >= 0.6 is 8.58 Å². The number of ether oxygens (including phenoxy) is 1. The zero-order valence-electron chi connectivity index (χ0n) is 22.4. The van der Waals surface area contributed by atoms with Crippen LogP contribution < -0.4 is 15.4 Å². The number of pyridine rings is 2. The van der Waals surface area contributed by atoms with Gasteiger partial charge in [-0.15, -0.1) is 8.58 Å². The minimum Gasteiger partial charge on any atom is -0.487 e. The average Bonchev–Trinajstić information content (AvgIpc) is 3.10. The first-order valence-electron chi connectivity index (χ1n) is 13.0. The molecular formula is C30H39N4O2P. The van der Waals surface area contributed by atoms with E-state index in [4.69, 9.17) is 4.74 Å². The van der Waals surface area contributed by atoms with E-state index >= 15 is 0 Å².